The lowest BCUT2D eigenvalue weighted by Crippen LogP contribution is -2.46. The lowest BCUT2D eigenvalue weighted by Gasteiger charge is -2.29. The summed E-state index contributed by atoms with van der Waals surface area (Å²) in [6, 6.07) is 9.61. The first-order valence-corrected chi connectivity index (χ1v) is 8.85. The van der Waals surface area contributed by atoms with Crippen molar-refractivity contribution in [2.45, 2.75) is 39.3 Å². The Kier molecular flexibility index (Phi) is 6.34. The topological polar surface area (TPSA) is 65.5 Å². The van der Waals surface area contributed by atoms with E-state index in [1.807, 2.05) is 43.5 Å². The van der Waals surface area contributed by atoms with E-state index in [0.29, 0.717) is 19.5 Å². The first-order chi connectivity index (χ1) is 11.3. The lowest BCUT2D eigenvalue weighted by molar-refractivity contribution is 0.0447. The minimum Gasteiger partial charge on any atom is -0.389 e. The van der Waals surface area contributed by atoms with E-state index in [1.54, 1.807) is 30.1 Å². The fourth-order valence-electron chi connectivity index (χ4n) is 2.38. The molecule has 130 valence electrons. The smallest absolute Gasteiger partial charge is 0.317 e. The van der Waals surface area contributed by atoms with E-state index in [2.05, 4.69) is 10.3 Å². The van der Waals surface area contributed by atoms with Gasteiger partial charge in [0, 0.05) is 30.6 Å². The van der Waals surface area contributed by atoms with Gasteiger partial charge in [-0.1, -0.05) is 30.3 Å². The van der Waals surface area contributed by atoms with Crippen LogP contribution in [0.1, 0.15) is 29.3 Å². The third-order valence-corrected chi connectivity index (χ3v) is 4.34. The second kappa shape index (κ2) is 8.26. The van der Waals surface area contributed by atoms with Crippen molar-refractivity contribution < 1.29 is 9.90 Å². The van der Waals surface area contributed by atoms with Gasteiger partial charge in [0.25, 0.3) is 0 Å². The van der Waals surface area contributed by atoms with Crippen molar-refractivity contribution >= 4 is 17.4 Å². The molecule has 1 aromatic heterocycles. The zero-order valence-electron chi connectivity index (χ0n) is 14.5. The van der Waals surface area contributed by atoms with Gasteiger partial charge in [-0.2, -0.15) is 0 Å². The molecule has 0 atom stereocenters. The Balaban J connectivity index is 1.93. The number of urea groups is 1. The van der Waals surface area contributed by atoms with Crippen LogP contribution in [0, 0.1) is 6.92 Å². The molecule has 0 aliphatic carbocycles. The number of carbonyl (C=O) groups is 1. The molecule has 0 fully saturated rings. The van der Waals surface area contributed by atoms with Crippen LogP contribution in [-0.4, -0.2) is 39.7 Å². The number of nitrogens with zero attached hydrogens (tertiary/aromatic N) is 2. The highest BCUT2D eigenvalue weighted by molar-refractivity contribution is 7.11. The van der Waals surface area contributed by atoms with Crippen molar-refractivity contribution in [3.63, 3.8) is 0 Å². The number of aromatic nitrogens is 1. The molecule has 2 rings (SSSR count). The second-order valence-corrected chi connectivity index (χ2v) is 7.82. The van der Waals surface area contributed by atoms with E-state index in [-0.39, 0.29) is 12.6 Å². The van der Waals surface area contributed by atoms with Gasteiger partial charge in [0.1, 0.15) is 0 Å². The number of thiazole rings is 1. The Hall–Kier alpha value is -1.92. The minimum absolute atomic E-state index is 0.172. The minimum atomic E-state index is -0.946. The molecule has 0 spiro atoms. The average Bonchev–Trinajstić information content (AvgIpc) is 2.92. The maximum atomic E-state index is 12.5. The molecule has 6 heteroatoms. The largest absolute Gasteiger partial charge is 0.389 e. The number of hydrogen-bond donors (Lipinski definition) is 2. The van der Waals surface area contributed by atoms with E-state index in [0.717, 1.165) is 10.6 Å². The van der Waals surface area contributed by atoms with Gasteiger partial charge in [-0.15, -0.1) is 11.3 Å². The number of amides is 2. The Morgan fingerprint density at radius 3 is 2.62 bits per heavy atom. The van der Waals surface area contributed by atoms with Gasteiger partial charge < -0.3 is 15.3 Å². The molecule has 2 N–H and O–H groups in total. The molecular weight excluding hydrogens is 322 g/mol. The Morgan fingerprint density at radius 2 is 2.04 bits per heavy atom. The standard InChI is InChI=1S/C18H25N3O2S/c1-14-11-20-16(24-14)9-10-19-17(22)21(13-18(2,3)23)12-15-7-5-4-6-8-15/h4-8,11,23H,9-10,12-13H2,1-3H3,(H,19,22). The summed E-state index contributed by atoms with van der Waals surface area (Å²) < 4.78 is 0. The number of rotatable bonds is 7. The summed E-state index contributed by atoms with van der Waals surface area (Å²) in [5.41, 5.74) is 0.0888. The van der Waals surface area contributed by atoms with Gasteiger partial charge in [-0.05, 0) is 26.3 Å². The van der Waals surface area contributed by atoms with Crippen LogP contribution < -0.4 is 5.32 Å². The van der Waals surface area contributed by atoms with Gasteiger partial charge in [0.2, 0.25) is 0 Å². The molecule has 2 aromatic rings. The predicted octanol–water partition coefficient (Wildman–Crippen LogP) is 2.98. The van der Waals surface area contributed by atoms with Gasteiger partial charge in [-0.3, -0.25) is 0 Å². The highest BCUT2D eigenvalue weighted by Gasteiger charge is 2.22. The van der Waals surface area contributed by atoms with Crippen LogP contribution in [0.3, 0.4) is 0 Å². The van der Waals surface area contributed by atoms with E-state index in [1.165, 1.54) is 4.88 Å². The summed E-state index contributed by atoms with van der Waals surface area (Å²) in [6.45, 7) is 6.69. The molecular formula is C18H25N3O2S. The molecule has 24 heavy (non-hydrogen) atoms. The summed E-state index contributed by atoms with van der Waals surface area (Å²) in [7, 11) is 0. The van der Waals surface area contributed by atoms with Crippen molar-refractivity contribution in [3.8, 4) is 0 Å². The molecule has 0 saturated carbocycles. The number of nitrogens with one attached hydrogen (secondary N) is 1. The van der Waals surface area contributed by atoms with Crippen LogP contribution in [0.5, 0.6) is 0 Å². The number of hydrogen-bond acceptors (Lipinski definition) is 4. The number of carbonyl (C=O) groups excluding carboxylic acids is 1. The lowest BCUT2D eigenvalue weighted by atomic mass is 10.1. The van der Waals surface area contributed by atoms with Gasteiger partial charge in [0.05, 0.1) is 17.2 Å². The summed E-state index contributed by atoms with van der Waals surface area (Å²) in [5.74, 6) is 0. The van der Waals surface area contributed by atoms with Crippen molar-refractivity contribution in [1.82, 2.24) is 15.2 Å². The molecule has 0 bridgehead atoms. The SMILES string of the molecule is Cc1cnc(CCNC(=O)N(Cc2ccccc2)CC(C)(C)O)s1. The van der Waals surface area contributed by atoms with E-state index < -0.39 is 5.60 Å². The first kappa shape index (κ1) is 18.4. The zero-order valence-corrected chi connectivity index (χ0v) is 15.3. The summed E-state index contributed by atoms with van der Waals surface area (Å²) in [5, 5.41) is 14.0. The quantitative estimate of drug-likeness (QED) is 0.809. The Morgan fingerprint density at radius 1 is 1.33 bits per heavy atom. The number of aliphatic hydroxyl groups is 1. The van der Waals surface area contributed by atoms with Crippen LogP contribution in [0.15, 0.2) is 36.5 Å². The summed E-state index contributed by atoms with van der Waals surface area (Å²) in [6.07, 6.45) is 2.56. The average molecular weight is 347 g/mol. The number of benzene rings is 1. The third-order valence-electron chi connectivity index (χ3n) is 3.37. The highest BCUT2D eigenvalue weighted by atomic mass is 32.1. The molecule has 0 saturated heterocycles. The maximum absolute atomic E-state index is 12.5. The van der Waals surface area contributed by atoms with E-state index in [9.17, 15) is 9.90 Å². The van der Waals surface area contributed by atoms with Gasteiger partial charge >= 0.3 is 6.03 Å². The molecule has 0 aliphatic heterocycles. The van der Waals surface area contributed by atoms with Crippen LogP contribution >= 0.6 is 11.3 Å². The normalized spacial score (nSPS) is 11.3. The number of aryl methyl sites for hydroxylation is 1. The van der Waals surface area contributed by atoms with Gasteiger partial charge in [0.15, 0.2) is 0 Å². The van der Waals surface area contributed by atoms with Crippen molar-refractivity contribution in [2.75, 3.05) is 13.1 Å². The Labute approximate surface area is 147 Å². The molecule has 0 unspecified atom stereocenters. The van der Waals surface area contributed by atoms with E-state index >= 15 is 0 Å². The second-order valence-electron chi connectivity index (χ2n) is 6.50. The monoisotopic (exact) mass is 347 g/mol. The molecule has 0 aliphatic rings. The van der Waals surface area contributed by atoms with Crippen LogP contribution in [0.2, 0.25) is 0 Å². The fourth-order valence-corrected chi connectivity index (χ4v) is 3.16. The van der Waals surface area contributed by atoms with Crippen molar-refractivity contribution in [2.24, 2.45) is 0 Å². The molecule has 5 nitrogen and oxygen atoms in total. The summed E-state index contributed by atoms with van der Waals surface area (Å²) >= 11 is 1.64. The van der Waals surface area contributed by atoms with Crippen molar-refractivity contribution in [3.05, 3.63) is 52.0 Å². The predicted molar refractivity (Wildman–Crippen MR) is 97.1 cm³/mol. The Bertz CT molecular complexity index is 650. The molecule has 0 radical (unpaired) electrons. The fraction of sp³-hybridized carbons (Fsp3) is 0.444. The van der Waals surface area contributed by atoms with Crippen LogP contribution in [0.25, 0.3) is 0 Å². The zero-order chi connectivity index (χ0) is 17.6. The highest BCUT2D eigenvalue weighted by Crippen LogP contribution is 2.12. The van der Waals surface area contributed by atoms with Crippen LogP contribution in [0.4, 0.5) is 4.79 Å². The van der Waals surface area contributed by atoms with Gasteiger partial charge in [-0.25, -0.2) is 9.78 Å². The third kappa shape index (κ3) is 6.29. The van der Waals surface area contributed by atoms with Crippen molar-refractivity contribution in [1.29, 1.82) is 0 Å². The van der Waals surface area contributed by atoms with Crippen LogP contribution in [-0.2, 0) is 13.0 Å². The maximum Gasteiger partial charge on any atom is 0.317 e. The molecule has 1 heterocycles. The molecule has 2 amide bonds. The molecule has 1 aromatic carbocycles. The summed E-state index contributed by atoms with van der Waals surface area (Å²) in [4.78, 5) is 19.6. The first-order valence-electron chi connectivity index (χ1n) is 8.04. The van der Waals surface area contributed by atoms with E-state index in [4.69, 9.17) is 0 Å².